The molecule has 1 aliphatic carbocycles. The second-order valence-corrected chi connectivity index (χ2v) is 4.27. The van der Waals surface area contributed by atoms with E-state index >= 15 is 0 Å². The van der Waals surface area contributed by atoms with Gasteiger partial charge in [0.2, 0.25) is 0 Å². The Morgan fingerprint density at radius 2 is 2.13 bits per heavy atom. The largest absolute Gasteiger partial charge is 0.465 e. The Hall–Kier alpha value is -0.610. The molecule has 2 N–H and O–H groups in total. The average molecular weight is 215 g/mol. The van der Waals surface area contributed by atoms with Crippen molar-refractivity contribution in [2.24, 2.45) is 5.41 Å². The number of nitrogens with one attached hydrogen (secondary N) is 1. The van der Waals surface area contributed by atoms with Crippen molar-refractivity contribution in [2.75, 3.05) is 26.3 Å². The predicted molar refractivity (Wildman–Crippen MR) is 57.5 cm³/mol. The minimum atomic E-state index is -0.219. The van der Waals surface area contributed by atoms with E-state index in [1.54, 1.807) is 6.92 Å². The third-order valence-electron chi connectivity index (χ3n) is 3.07. The zero-order chi connectivity index (χ0) is 11.1. The number of hydrogen-bond acceptors (Lipinski definition) is 4. The Balaban J connectivity index is 2.20. The number of ether oxygens (including phenoxy) is 1. The van der Waals surface area contributed by atoms with Crippen molar-refractivity contribution < 1.29 is 14.6 Å². The summed E-state index contributed by atoms with van der Waals surface area (Å²) in [5.41, 5.74) is 0.00644. The third-order valence-corrected chi connectivity index (χ3v) is 3.07. The first-order chi connectivity index (χ1) is 7.22. The molecule has 1 saturated carbocycles. The molecule has 0 amide bonds. The van der Waals surface area contributed by atoms with Gasteiger partial charge in [-0.2, -0.15) is 0 Å². The standard InChI is InChI=1S/C11H21NO3/c1-2-15-10(14)7-12-8-11(9-13)5-3-4-6-11/h12-13H,2-9H2,1H3. The van der Waals surface area contributed by atoms with Gasteiger partial charge >= 0.3 is 5.97 Å². The maximum absolute atomic E-state index is 11.1. The lowest BCUT2D eigenvalue weighted by molar-refractivity contribution is -0.142. The summed E-state index contributed by atoms with van der Waals surface area (Å²) in [6.45, 7) is 3.39. The maximum atomic E-state index is 11.1. The van der Waals surface area contributed by atoms with Crippen molar-refractivity contribution in [3.05, 3.63) is 0 Å². The van der Waals surface area contributed by atoms with Crippen LogP contribution in [0.4, 0.5) is 0 Å². The van der Waals surface area contributed by atoms with Gasteiger partial charge in [-0.25, -0.2) is 0 Å². The van der Waals surface area contributed by atoms with Gasteiger partial charge in [0, 0.05) is 18.6 Å². The van der Waals surface area contributed by atoms with Crippen LogP contribution in [-0.2, 0) is 9.53 Å². The molecule has 1 aliphatic rings. The van der Waals surface area contributed by atoms with Crippen LogP contribution in [0.25, 0.3) is 0 Å². The van der Waals surface area contributed by atoms with Crippen LogP contribution in [0, 0.1) is 5.41 Å². The lowest BCUT2D eigenvalue weighted by atomic mass is 9.87. The van der Waals surface area contributed by atoms with Crippen LogP contribution in [0.15, 0.2) is 0 Å². The zero-order valence-electron chi connectivity index (χ0n) is 9.42. The minimum absolute atomic E-state index is 0.00644. The molecule has 0 aromatic heterocycles. The Labute approximate surface area is 91.0 Å². The van der Waals surface area contributed by atoms with Gasteiger partial charge in [-0.1, -0.05) is 12.8 Å². The Bertz CT molecular complexity index is 200. The molecule has 0 aliphatic heterocycles. The summed E-state index contributed by atoms with van der Waals surface area (Å²) >= 11 is 0. The van der Waals surface area contributed by atoms with Crippen molar-refractivity contribution in [1.29, 1.82) is 0 Å². The number of carbonyl (C=O) groups excluding carboxylic acids is 1. The first-order valence-corrected chi connectivity index (χ1v) is 5.70. The van der Waals surface area contributed by atoms with E-state index in [1.165, 1.54) is 12.8 Å². The van der Waals surface area contributed by atoms with Gasteiger partial charge in [-0.05, 0) is 19.8 Å². The van der Waals surface area contributed by atoms with Crippen molar-refractivity contribution in [3.8, 4) is 0 Å². The molecule has 0 unspecified atom stereocenters. The second-order valence-electron chi connectivity index (χ2n) is 4.27. The molecular weight excluding hydrogens is 194 g/mol. The van der Waals surface area contributed by atoms with E-state index in [9.17, 15) is 9.90 Å². The number of rotatable bonds is 6. The molecule has 0 bridgehead atoms. The van der Waals surface area contributed by atoms with Crippen molar-refractivity contribution >= 4 is 5.97 Å². The van der Waals surface area contributed by atoms with Gasteiger partial charge in [-0.3, -0.25) is 4.79 Å². The molecule has 4 heteroatoms. The first kappa shape index (κ1) is 12.5. The monoisotopic (exact) mass is 215 g/mol. The molecule has 88 valence electrons. The number of carbonyl (C=O) groups is 1. The molecule has 0 spiro atoms. The molecule has 0 atom stereocenters. The van der Waals surface area contributed by atoms with Crippen LogP contribution in [0.1, 0.15) is 32.6 Å². The van der Waals surface area contributed by atoms with E-state index in [-0.39, 0.29) is 24.5 Å². The summed E-state index contributed by atoms with van der Waals surface area (Å²) in [4.78, 5) is 11.1. The molecule has 0 heterocycles. The Kier molecular flexibility index (Phi) is 5.05. The summed E-state index contributed by atoms with van der Waals surface area (Å²) in [6, 6.07) is 0. The smallest absolute Gasteiger partial charge is 0.319 e. The highest BCUT2D eigenvalue weighted by Gasteiger charge is 2.32. The fourth-order valence-electron chi connectivity index (χ4n) is 2.16. The van der Waals surface area contributed by atoms with Crippen LogP contribution < -0.4 is 5.32 Å². The molecular formula is C11H21NO3. The van der Waals surface area contributed by atoms with Gasteiger partial charge in [0.05, 0.1) is 13.2 Å². The lowest BCUT2D eigenvalue weighted by Crippen LogP contribution is -2.37. The predicted octanol–water partition coefficient (Wildman–Crippen LogP) is 0.692. The molecule has 1 fully saturated rings. The summed E-state index contributed by atoms with van der Waals surface area (Å²) < 4.78 is 4.81. The molecule has 0 radical (unpaired) electrons. The minimum Gasteiger partial charge on any atom is -0.465 e. The fourth-order valence-corrected chi connectivity index (χ4v) is 2.16. The van der Waals surface area contributed by atoms with E-state index < -0.39 is 0 Å². The summed E-state index contributed by atoms with van der Waals surface area (Å²) in [5.74, 6) is -0.219. The van der Waals surface area contributed by atoms with Gasteiger partial charge < -0.3 is 15.2 Å². The van der Waals surface area contributed by atoms with E-state index in [4.69, 9.17) is 4.74 Å². The van der Waals surface area contributed by atoms with E-state index in [2.05, 4.69) is 5.32 Å². The molecule has 0 aromatic carbocycles. The molecule has 4 nitrogen and oxygen atoms in total. The Morgan fingerprint density at radius 1 is 1.47 bits per heavy atom. The van der Waals surface area contributed by atoms with E-state index in [0.29, 0.717) is 13.2 Å². The second kappa shape index (κ2) is 6.08. The van der Waals surface area contributed by atoms with Gasteiger partial charge in [-0.15, -0.1) is 0 Å². The third kappa shape index (κ3) is 3.80. The average Bonchev–Trinajstić information content (AvgIpc) is 2.68. The van der Waals surface area contributed by atoms with Crippen LogP contribution in [0.3, 0.4) is 0 Å². The van der Waals surface area contributed by atoms with Crippen molar-refractivity contribution in [3.63, 3.8) is 0 Å². The molecule has 0 saturated heterocycles. The maximum Gasteiger partial charge on any atom is 0.319 e. The van der Waals surface area contributed by atoms with Crippen LogP contribution in [-0.4, -0.2) is 37.4 Å². The first-order valence-electron chi connectivity index (χ1n) is 5.70. The van der Waals surface area contributed by atoms with Gasteiger partial charge in [0.25, 0.3) is 0 Å². The topological polar surface area (TPSA) is 58.6 Å². The lowest BCUT2D eigenvalue weighted by Gasteiger charge is -2.26. The highest BCUT2D eigenvalue weighted by Crippen LogP contribution is 2.36. The normalized spacial score (nSPS) is 19.1. The van der Waals surface area contributed by atoms with Crippen LogP contribution in [0.2, 0.25) is 0 Å². The summed E-state index contributed by atoms with van der Waals surface area (Å²) in [6.07, 6.45) is 4.47. The van der Waals surface area contributed by atoms with E-state index in [0.717, 1.165) is 12.8 Å². The number of aliphatic hydroxyl groups excluding tert-OH is 1. The number of aliphatic hydroxyl groups is 1. The Morgan fingerprint density at radius 3 is 2.67 bits per heavy atom. The number of esters is 1. The summed E-state index contributed by atoms with van der Waals surface area (Å²) in [7, 11) is 0. The highest BCUT2D eigenvalue weighted by atomic mass is 16.5. The van der Waals surface area contributed by atoms with Crippen LogP contribution >= 0.6 is 0 Å². The van der Waals surface area contributed by atoms with Gasteiger partial charge in [0.1, 0.15) is 0 Å². The number of hydrogen-bond donors (Lipinski definition) is 2. The molecule has 1 rings (SSSR count). The zero-order valence-corrected chi connectivity index (χ0v) is 9.42. The SMILES string of the molecule is CCOC(=O)CNCC1(CO)CCCC1. The van der Waals surface area contributed by atoms with Crippen LogP contribution in [0.5, 0.6) is 0 Å². The van der Waals surface area contributed by atoms with Crippen molar-refractivity contribution in [1.82, 2.24) is 5.32 Å². The quantitative estimate of drug-likeness (QED) is 0.640. The van der Waals surface area contributed by atoms with Crippen molar-refractivity contribution in [2.45, 2.75) is 32.6 Å². The molecule has 15 heavy (non-hydrogen) atoms. The summed E-state index contributed by atoms with van der Waals surface area (Å²) in [5, 5.41) is 12.4. The fraction of sp³-hybridized carbons (Fsp3) is 0.909. The molecule has 0 aromatic rings. The van der Waals surface area contributed by atoms with Gasteiger partial charge in [0.15, 0.2) is 0 Å². The highest BCUT2D eigenvalue weighted by molar-refractivity contribution is 5.71. The van der Waals surface area contributed by atoms with E-state index in [1.807, 2.05) is 0 Å².